The van der Waals surface area contributed by atoms with E-state index in [4.69, 9.17) is 0 Å². The Morgan fingerprint density at radius 2 is 1.48 bits per heavy atom. The van der Waals surface area contributed by atoms with Crippen LogP contribution in [0.25, 0.3) is 10.9 Å². The number of carbonyl (C=O) groups is 1. The minimum Gasteiger partial charge on any atom is -0.343 e. The van der Waals surface area contributed by atoms with Crippen LogP contribution in [0.2, 0.25) is 0 Å². The van der Waals surface area contributed by atoms with Crippen molar-refractivity contribution < 1.29 is 4.79 Å². The minimum atomic E-state index is 0.0747. The van der Waals surface area contributed by atoms with Crippen molar-refractivity contribution in [2.45, 2.75) is 25.8 Å². The second-order valence-electron chi connectivity index (χ2n) is 7.08. The Balaban J connectivity index is 1.83. The fraction of sp³-hybridized carbons (Fsp3) is 0.160. The first-order valence-electron chi connectivity index (χ1n) is 9.38. The minimum absolute atomic E-state index is 0.0747. The van der Waals surface area contributed by atoms with Crippen molar-refractivity contribution in [3.63, 3.8) is 0 Å². The fourth-order valence-electron chi connectivity index (χ4n) is 3.84. The van der Waals surface area contributed by atoms with Crippen LogP contribution >= 0.6 is 0 Å². The van der Waals surface area contributed by atoms with Crippen LogP contribution in [-0.4, -0.2) is 10.4 Å². The van der Waals surface area contributed by atoms with E-state index in [1.165, 1.54) is 27.6 Å². The van der Waals surface area contributed by atoms with Gasteiger partial charge in [-0.05, 0) is 29.7 Å². The van der Waals surface area contributed by atoms with E-state index < -0.39 is 0 Å². The number of ketones is 1. The molecule has 0 aliphatic rings. The molecule has 0 saturated heterocycles. The van der Waals surface area contributed by atoms with Gasteiger partial charge in [0.05, 0.1) is 0 Å². The van der Waals surface area contributed by atoms with Crippen LogP contribution in [-0.2, 0) is 11.3 Å². The molecule has 1 aromatic heterocycles. The highest BCUT2D eigenvalue weighted by Crippen LogP contribution is 2.35. The van der Waals surface area contributed by atoms with Gasteiger partial charge in [-0.2, -0.15) is 0 Å². The number of rotatable bonds is 6. The molecule has 0 radical (unpaired) electrons. The van der Waals surface area contributed by atoms with Gasteiger partial charge in [0.15, 0.2) is 0 Å². The molecule has 0 spiro atoms. The Hall–Kier alpha value is -3.13. The summed E-state index contributed by atoms with van der Waals surface area (Å²) < 4.78 is 2.30. The van der Waals surface area contributed by atoms with Crippen LogP contribution in [0.1, 0.15) is 36.0 Å². The maximum atomic E-state index is 12.0. The Bertz CT molecular complexity index is 1050. The first kappa shape index (κ1) is 17.3. The first-order chi connectivity index (χ1) is 13.2. The van der Waals surface area contributed by atoms with Crippen LogP contribution in [0.5, 0.6) is 0 Å². The second kappa shape index (κ2) is 7.63. The molecule has 0 fully saturated rings. The highest BCUT2D eigenvalue weighted by atomic mass is 16.1. The van der Waals surface area contributed by atoms with E-state index in [0.29, 0.717) is 6.42 Å². The predicted octanol–water partition coefficient (Wildman–Crippen LogP) is 5.80. The monoisotopic (exact) mass is 353 g/mol. The molecule has 0 bridgehead atoms. The van der Waals surface area contributed by atoms with Gasteiger partial charge in [-0.1, -0.05) is 78.9 Å². The predicted molar refractivity (Wildman–Crippen MR) is 111 cm³/mol. The summed E-state index contributed by atoms with van der Waals surface area (Å²) in [5.41, 5.74) is 4.90. The third-order valence-electron chi connectivity index (χ3n) is 5.08. The third-order valence-corrected chi connectivity index (χ3v) is 5.08. The molecule has 4 rings (SSSR count). The van der Waals surface area contributed by atoms with Gasteiger partial charge in [0.1, 0.15) is 5.78 Å². The van der Waals surface area contributed by atoms with Gasteiger partial charge in [0.25, 0.3) is 0 Å². The highest BCUT2D eigenvalue weighted by Gasteiger charge is 2.21. The van der Waals surface area contributed by atoms with Gasteiger partial charge in [-0.15, -0.1) is 0 Å². The molecule has 0 aliphatic heterocycles. The molecular formula is C25H23NO. The Labute approximate surface area is 160 Å². The topological polar surface area (TPSA) is 22.0 Å². The molecule has 2 nitrogen and oxygen atoms in total. The van der Waals surface area contributed by atoms with Crippen molar-refractivity contribution in [2.24, 2.45) is 0 Å². The summed E-state index contributed by atoms with van der Waals surface area (Å²) in [4.78, 5) is 12.0. The normalized spacial score (nSPS) is 12.2. The molecule has 0 saturated carbocycles. The molecule has 0 unspecified atom stereocenters. The van der Waals surface area contributed by atoms with Crippen LogP contribution in [0, 0.1) is 0 Å². The fourth-order valence-corrected chi connectivity index (χ4v) is 3.84. The Morgan fingerprint density at radius 1 is 0.852 bits per heavy atom. The van der Waals surface area contributed by atoms with E-state index in [9.17, 15) is 4.79 Å². The van der Waals surface area contributed by atoms with Crippen molar-refractivity contribution in [2.75, 3.05) is 0 Å². The number of hydrogen-bond donors (Lipinski definition) is 0. The number of aromatic nitrogens is 1. The second-order valence-corrected chi connectivity index (χ2v) is 7.08. The summed E-state index contributed by atoms with van der Waals surface area (Å²) in [6.45, 7) is 2.50. The van der Waals surface area contributed by atoms with E-state index >= 15 is 0 Å². The summed E-state index contributed by atoms with van der Waals surface area (Å²) >= 11 is 0. The summed E-state index contributed by atoms with van der Waals surface area (Å²) in [5, 5.41) is 1.23. The quantitative estimate of drug-likeness (QED) is 0.429. The number of hydrogen-bond acceptors (Lipinski definition) is 1. The van der Waals surface area contributed by atoms with Crippen LogP contribution < -0.4 is 0 Å². The van der Waals surface area contributed by atoms with Crippen LogP contribution in [0.15, 0.2) is 91.1 Å². The van der Waals surface area contributed by atoms with Crippen molar-refractivity contribution in [1.82, 2.24) is 4.57 Å². The lowest BCUT2D eigenvalue weighted by Gasteiger charge is -2.15. The third kappa shape index (κ3) is 3.70. The molecule has 3 aromatic carbocycles. The molecule has 134 valence electrons. The molecule has 0 amide bonds. The zero-order chi connectivity index (χ0) is 18.6. The van der Waals surface area contributed by atoms with Gasteiger partial charge in [0.2, 0.25) is 0 Å². The lowest BCUT2D eigenvalue weighted by atomic mass is 9.87. The van der Waals surface area contributed by atoms with E-state index in [0.717, 1.165) is 6.54 Å². The van der Waals surface area contributed by atoms with Gasteiger partial charge in [-0.25, -0.2) is 0 Å². The van der Waals surface area contributed by atoms with Crippen molar-refractivity contribution in [3.8, 4) is 0 Å². The smallest absolute Gasteiger partial charge is 0.130 e. The Kier molecular flexibility index (Phi) is 4.88. The van der Waals surface area contributed by atoms with Crippen LogP contribution in [0.3, 0.4) is 0 Å². The summed E-state index contributed by atoms with van der Waals surface area (Å²) in [5.74, 6) is 0.286. The number of nitrogens with zero attached hydrogens (tertiary/aromatic N) is 1. The van der Waals surface area contributed by atoms with E-state index in [2.05, 4.69) is 71.4 Å². The van der Waals surface area contributed by atoms with Crippen molar-refractivity contribution >= 4 is 16.7 Å². The molecule has 2 heteroatoms. The number of fused-ring (bicyclic) bond motifs is 1. The SMILES string of the molecule is CC(=O)C[C@@H](c1ccccc1)c1cn(Cc2ccccc2)c2ccccc12. The van der Waals surface area contributed by atoms with Crippen LogP contribution in [0.4, 0.5) is 0 Å². The summed E-state index contributed by atoms with van der Waals surface area (Å²) in [6, 6.07) is 29.3. The number of benzene rings is 3. The first-order valence-corrected chi connectivity index (χ1v) is 9.38. The largest absolute Gasteiger partial charge is 0.343 e. The average molecular weight is 353 g/mol. The molecular weight excluding hydrogens is 330 g/mol. The highest BCUT2D eigenvalue weighted by molar-refractivity contribution is 5.86. The van der Waals surface area contributed by atoms with E-state index in [1.54, 1.807) is 6.92 Å². The average Bonchev–Trinajstić information content (AvgIpc) is 3.06. The lowest BCUT2D eigenvalue weighted by molar-refractivity contribution is -0.117. The molecule has 1 atom stereocenters. The maximum Gasteiger partial charge on any atom is 0.130 e. The lowest BCUT2D eigenvalue weighted by Crippen LogP contribution is -2.06. The van der Waals surface area contributed by atoms with Gasteiger partial charge in [-0.3, -0.25) is 4.79 Å². The molecule has 0 N–H and O–H groups in total. The number of carbonyl (C=O) groups excluding carboxylic acids is 1. The zero-order valence-electron chi connectivity index (χ0n) is 15.5. The maximum absolute atomic E-state index is 12.0. The van der Waals surface area contributed by atoms with Gasteiger partial charge >= 0.3 is 0 Å². The molecule has 4 aromatic rings. The standard InChI is InChI=1S/C25H23NO/c1-19(27)16-23(21-12-6-3-7-13-21)24-18-26(17-20-10-4-2-5-11-20)25-15-9-8-14-22(24)25/h2-15,18,23H,16-17H2,1H3/t23-/m0/s1. The molecule has 1 heterocycles. The number of para-hydroxylation sites is 1. The zero-order valence-corrected chi connectivity index (χ0v) is 15.5. The summed E-state index contributed by atoms with van der Waals surface area (Å²) in [6.07, 6.45) is 2.75. The van der Waals surface area contributed by atoms with E-state index in [1.807, 2.05) is 24.3 Å². The molecule has 0 aliphatic carbocycles. The Morgan fingerprint density at radius 3 is 2.19 bits per heavy atom. The van der Waals surface area contributed by atoms with Crippen molar-refractivity contribution in [1.29, 1.82) is 0 Å². The number of Topliss-reactive ketones (excluding diaryl/α,β-unsaturated/α-hetero) is 1. The van der Waals surface area contributed by atoms with Crippen molar-refractivity contribution in [3.05, 3.63) is 108 Å². The van der Waals surface area contributed by atoms with Gasteiger partial charge in [0, 0.05) is 36.0 Å². The summed E-state index contributed by atoms with van der Waals surface area (Å²) in [7, 11) is 0. The molecule has 27 heavy (non-hydrogen) atoms. The van der Waals surface area contributed by atoms with Gasteiger partial charge < -0.3 is 4.57 Å². The van der Waals surface area contributed by atoms with E-state index in [-0.39, 0.29) is 11.7 Å².